The van der Waals surface area contributed by atoms with Gasteiger partial charge in [-0.2, -0.15) is 0 Å². The van der Waals surface area contributed by atoms with Crippen molar-refractivity contribution >= 4 is 0 Å². The van der Waals surface area contributed by atoms with Gasteiger partial charge in [-0.25, -0.2) is 0 Å². The topological polar surface area (TPSA) is 66.5 Å². The van der Waals surface area contributed by atoms with Crippen molar-refractivity contribution in [3.05, 3.63) is 92.9 Å². The second-order valence-electron chi connectivity index (χ2n) is 6.74. The average molecular weight is 378 g/mol. The Bertz CT molecular complexity index is 1020. The number of aromatic nitrogens is 1. The van der Waals surface area contributed by atoms with Crippen molar-refractivity contribution in [2.24, 2.45) is 5.73 Å². The largest absolute Gasteiger partial charge is 0.496 e. The van der Waals surface area contributed by atoms with Crippen molar-refractivity contribution in [3.8, 4) is 11.5 Å². The molecular weight excluding hydrogens is 352 g/mol. The van der Waals surface area contributed by atoms with Crippen molar-refractivity contribution in [1.29, 1.82) is 0 Å². The number of para-hydroxylation sites is 1. The Hall–Kier alpha value is -3.05. The molecule has 5 nitrogen and oxygen atoms in total. The molecular formula is C23H26N2O3. The predicted molar refractivity (Wildman–Crippen MR) is 111 cm³/mol. The molecule has 0 atom stereocenters. The van der Waals surface area contributed by atoms with Crippen molar-refractivity contribution in [2.45, 2.75) is 33.5 Å². The summed E-state index contributed by atoms with van der Waals surface area (Å²) in [5.41, 5.74) is 10.2. The number of hydrogen-bond acceptors (Lipinski definition) is 4. The Morgan fingerprint density at radius 2 is 1.57 bits per heavy atom. The van der Waals surface area contributed by atoms with Gasteiger partial charge in [0, 0.05) is 17.8 Å². The lowest BCUT2D eigenvalue weighted by Crippen LogP contribution is -2.25. The van der Waals surface area contributed by atoms with Crippen molar-refractivity contribution in [3.63, 3.8) is 0 Å². The smallest absolute Gasteiger partial charge is 0.257 e. The number of rotatable bonds is 7. The maximum absolute atomic E-state index is 13.0. The summed E-state index contributed by atoms with van der Waals surface area (Å²) < 4.78 is 13.1. The van der Waals surface area contributed by atoms with Crippen LogP contribution in [0.1, 0.15) is 27.9 Å². The van der Waals surface area contributed by atoms with Gasteiger partial charge >= 0.3 is 0 Å². The first-order valence-corrected chi connectivity index (χ1v) is 9.27. The van der Waals surface area contributed by atoms with Crippen molar-refractivity contribution in [1.82, 2.24) is 4.57 Å². The van der Waals surface area contributed by atoms with Crippen LogP contribution < -0.4 is 20.8 Å². The number of aryl methyl sites for hydroxylation is 1. The van der Waals surface area contributed by atoms with Gasteiger partial charge in [-0.1, -0.05) is 42.5 Å². The lowest BCUT2D eigenvalue weighted by atomic mass is 10.1. The zero-order valence-electron chi connectivity index (χ0n) is 16.6. The first-order valence-electron chi connectivity index (χ1n) is 9.27. The lowest BCUT2D eigenvalue weighted by molar-refractivity contribution is 0.301. The molecule has 0 unspecified atom stereocenters. The molecule has 3 aromatic rings. The second-order valence-corrected chi connectivity index (χ2v) is 6.74. The molecule has 3 rings (SSSR count). The van der Waals surface area contributed by atoms with E-state index in [0.717, 1.165) is 28.1 Å². The molecule has 1 aromatic heterocycles. The minimum absolute atomic E-state index is 0.0620. The zero-order valence-corrected chi connectivity index (χ0v) is 16.6. The standard InChI is InChI=1S/C23H26N2O3/c1-16-12-22(28-15-20-10-5-4-8-18(20)13-24)17(2)23(26)25(16)14-19-9-6-7-11-21(19)27-3/h4-12H,13-15,24H2,1-3H3. The van der Waals surface area contributed by atoms with Gasteiger partial charge in [0.25, 0.3) is 5.56 Å². The highest BCUT2D eigenvalue weighted by molar-refractivity contribution is 5.37. The fourth-order valence-corrected chi connectivity index (χ4v) is 3.25. The first kappa shape index (κ1) is 19.7. The van der Waals surface area contributed by atoms with E-state index in [0.29, 0.717) is 31.0 Å². The fourth-order valence-electron chi connectivity index (χ4n) is 3.25. The van der Waals surface area contributed by atoms with Crippen molar-refractivity contribution in [2.75, 3.05) is 7.11 Å². The fraction of sp³-hybridized carbons (Fsp3) is 0.261. The number of pyridine rings is 1. The molecule has 1 heterocycles. The molecule has 0 aliphatic heterocycles. The molecule has 0 spiro atoms. The Balaban J connectivity index is 1.87. The average Bonchev–Trinajstić information content (AvgIpc) is 2.73. The highest BCUT2D eigenvalue weighted by atomic mass is 16.5. The minimum atomic E-state index is -0.0620. The van der Waals surface area contributed by atoms with Crippen LogP contribution in [0.25, 0.3) is 0 Å². The molecule has 0 amide bonds. The molecule has 0 bridgehead atoms. The second kappa shape index (κ2) is 8.76. The van der Waals surface area contributed by atoms with Gasteiger partial charge in [-0.3, -0.25) is 4.79 Å². The summed E-state index contributed by atoms with van der Waals surface area (Å²) in [5, 5.41) is 0. The summed E-state index contributed by atoms with van der Waals surface area (Å²) in [6, 6.07) is 17.5. The Morgan fingerprint density at radius 1 is 0.929 bits per heavy atom. The van der Waals surface area contributed by atoms with Crippen LogP contribution in [0.4, 0.5) is 0 Å². The van der Waals surface area contributed by atoms with E-state index in [-0.39, 0.29) is 5.56 Å². The maximum Gasteiger partial charge on any atom is 0.257 e. The molecule has 2 N–H and O–H groups in total. The van der Waals surface area contributed by atoms with E-state index in [2.05, 4.69) is 0 Å². The van der Waals surface area contributed by atoms with Gasteiger partial charge in [0.05, 0.1) is 19.2 Å². The summed E-state index contributed by atoms with van der Waals surface area (Å²) in [6.45, 7) is 5.00. The van der Waals surface area contributed by atoms with E-state index in [4.69, 9.17) is 15.2 Å². The third-order valence-corrected chi connectivity index (χ3v) is 4.94. The van der Waals surface area contributed by atoms with Crippen LogP contribution in [0.15, 0.2) is 59.4 Å². The summed E-state index contributed by atoms with van der Waals surface area (Å²) in [6.07, 6.45) is 0. The van der Waals surface area contributed by atoms with Gasteiger partial charge in [0.15, 0.2) is 0 Å². The zero-order chi connectivity index (χ0) is 20.1. The van der Waals surface area contributed by atoms with E-state index in [1.54, 1.807) is 18.6 Å². The quantitative estimate of drug-likeness (QED) is 0.683. The highest BCUT2D eigenvalue weighted by Crippen LogP contribution is 2.22. The molecule has 0 aliphatic carbocycles. The normalized spacial score (nSPS) is 10.7. The van der Waals surface area contributed by atoms with Gasteiger partial charge in [-0.05, 0) is 37.1 Å². The van der Waals surface area contributed by atoms with Gasteiger partial charge < -0.3 is 19.8 Å². The maximum atomic E-state index is 13.0. The van der Waals surface area contributed by atoms with E-state index < -0.39 is 0 Å². The molecule has 5 heteroatoms. The van der Waals surface area contributed by atoms with Crippen LogP contribution in [0, 0.1) is 13.8 Å². The van der Waals surface area contributed by atoms with Crippen LogP contribution in [-0.4, -0.2) is 11.7 Å². The minimum Gasteiger partial charge on any atom is -0.496 e. The number of benzene rings is 2. The van der Waals surface area contributed by atoms with Crippen molar-refractivity contribution < 1.29 is 9.47 Å². The lowest BCUT2D eigenvalue weighted by Gasteiger charge is -2.17. The molecule has 0 saturated carbocycles. The first-order chi connectivity index (χ1) is 13.5. The summed E-state index contributed by atoms with van der Waals surface area (Å²) >= 11 is 0. The highest BCUT2D eigenvalue weighted by Gasteiger charge is 2.13. The molecule has 0 saturated heterocycles. The number of hydrogen-bond donors (Lipinski definition) is 1. The molecule has 0 radical (unpaired) electrons. The van der Waals surface area contributed by atoms with E-state index in [9.17, 15) is 4.79 Å². The Morgan fingerprint density at radius 3 is 2.25 bits per heavy atom. The van der Waals surface area contributed by atoms with E-state index >= 15 is 0 Å². The van der Waals surface area contributed by atoms with Crippen LogP contribution >= 0.6 is 0 Å². The molecule has 0 aliphatic rings. The summed E-state index contributed by atoms with van der Waals surface area (Å²) in [4.78, 5) is 13.0. The number of nitrogens with two attached hydrogens (primary N) is 1. The van der Waals surface area contributed by atoms with Crippen LogP contribution in [-0.2, 0) is 19.7 Å². The third-order valence-electron chi connectivity index (χ3n) is 4.94. The monoisotopic (exact) mass is 378 g/mol. The van der Waals surface area contributed by atoms with Crippen LogP contribution in [0.5, 0.6) is 11.5 Å². The molecule has 0 fully saturated rings. The number of ether oxygens (including phenoxy) is 2. The molecule has 28 heavy (non-hydrogen) atoms. The van der Waals surface area contributed by atoms with Gasteiger partial charge in [0.1, 0.15) is 18.1 Å². The molecule has 2 aromatic carbocycles. The number of methoxy groups -OCH3 is 1. The van der Waals surface area contributed by atoms with E-state index in [1.807, 2.05) is 61.5 Å². The predicted octanol–water partition coefficient (Wildman–Crippen LogP) is 3.56. The Kier molecular flexibility index (Phi) is 6.16. The van der Waals surface area contributed by atoms with E-state index in [1.165, 1.54) is 0 Å². The summed E-state index contributed by atoms with van der Waals surface area (Å²) in [5.74, 6) is 1.37. The van der Waals surface area contributed by atoms with Gasteiger partial charge in [-0.15, -0.1) is 0 Å². The summed E-state index contributed by atoms with van der Waals surface area (Å²) in [7, 11) is 1.63. The third kappa shape index (κ3) is 4.10. The van der Waals surface area contributed by atoms with Crippen LogP contribution in [0.3, 0.4) is 0 Å². The molecule has 146 valence electrons. The van der Waals surface area contributed by atoms with Gasteiger partial charge in [0.2, 0.25) is 0 Å². The van der Waals surface area contributed by atoms with Crippen LogP contribution in [0.2, 0.25) is 0 Å². The SMILES string of the molecule is COc1ccccc1Cn1c(C)cc(OCc2ccccc2CN)c(C)c1=O. The number of nitrogens with zero attached hydrogens (tertiary/aromatic N) is 1. The Labute approximate surface area is 165 Å².